The van der Waals surface area contributed by atoms with Crippen LogP contribution in [0.2, 0.25) is 5.02 Å². The molecule has 4 aromatic rings. The van der Waals surface area contributed by atoms with E-state index in [0.29, 0.717) is 16.9 Å². The number of pyridine rings is 2. The topological polar surface area (TPSA) is 54.5 Å². The Bertz CT molecular complexity index is 1220. The van der Waals surface area contributed by atoms with Gasteiger partial charge in [-0.15, -0.1) is 0 Å². The van der Waals surface area contributed by atoms with Crippen LogP contribution in [0.25, 0.3) is 22.2 Å². The number of halogens is 2. The second-order valence-corrected chi connectivity index (χ2v) is 7.40. The van der Waals surface area contributed by atoms with Crippen molar-refractivity contribution in [3.8, 4) is 17.2 Å². The number of aromatic nitrogens is 3. The fourth-order valence-corrected chi connectivity index (χ4v) is 3.45. The van der Waals surface area contributed by atoms with Crippen molar-refractivity contribution in [1.29, 1.82) is 5.26 Å². The van der Waals surface area contributed by atoms with Gasteiger partial charge in [-0.05, 0) is 55.8 Å². The first kappa shape index (κ1) is 18.1. The minimum absolute atomic E-state index is 0.0752. The Morgan fingerprint density at radius 1 is 1.14 bits per heavy atom. The third kappa shape index (κ3) is 2.92. The highest BCUT2D eigenvalue weighted by Gasteiger charge is 2.28. The van der Waals surface area contributed by atoms with Gasteiger partial charge in [-0.3, -0.25) is 4.98 Å². The van der Waals surface area contributed by atoms with E-state index in [2.05, 4.69) is 16.0 Å². The molecule has 0 N–H and O–H groups in total. The lowest BCUT2D eigenvalue weighted by atomic mass is 9.99. The second-order valence-electron chi connectivity index (χ2n) is 7.00. The van der Waals surface area contributed by atoms with E-state index in [9.17, 15) is 9.65 Å². The Hall–Kier alpha value is -3.23. The van der Waals surface area contributed by atoms with Crippen LogP contribution in [0.3, 0.4) is 0 Å². The predicted octanol–water partition coefficient (Wildman–Crippen LogP) is 5.55. The summed E-state index contributed by atoms with van der Waals surface area (Å²) in [5.74, 6) is -0.481. The first-order valence-corrected chi connectivity index (χ1v) is 9.09. The van der Waals surface area contributed by atoms with Crippen LogP contribution < -0.4 is 0 Å². The molecule has 0 fully saturated rings. The van der Waals surface area contributed by atoms with Crippen molar-refractivity contribution in [2.45, 2.75) is 19.4 Å². The van der Waals surface area contributed by atoms with E-state index in [1.54, 1.807) is 18.3 Å². The number of hydrogen-bond donors (Lipinski definition) is 0. The summed E-state index contributed by atoms with van der Waals surface area (Å²) >= 11 is 5.85. The van der Waals surface area contributed by atoms with Gasteiger partial charge in [0.2, 0.25) is 0 Å². The van der Waals surface area contributed by atoms with E-state index in [4.69, 9.17) is 11.6 Å². The van der Waals surface area contributed by atoms with Crippen molar-refractivity contribution >= 4 is 22.6 Å². The third-order valence-electron chi connectivity index (χ3n) is 4.89. The molecular weight excluding hydrogens is 375 g/mol. The molecule has 0 atom stereocenters. The molecular formula is C22H16ClFN4. The molecule has 0 saturated carbocycles. The van der Waals surface area contributed by atoms with Crippen LogP contribution >= 0.6 is 11.6 Å². The summed E-state index contributed by atoms with van der Waals surface area (Å²) in [6.07, 6.45) is 3.67. The first-order chi connectivity index (χ1) is 13.4. The van der Waals surface area contributed by atoms with Gasteiger partial charge >= 0.3 is 0 Å². The smallest absolute Gasteiger partial charge is 0.142 e. The molecule has 4 nitrogen and oxygen atoms in total. The summed E-state index contributed by atoms with van der Waals surface area (Å²) in [6, 6.07) is 16.1. The second kappa shape index (κ2) is 6.74. The fourth-order valence-electron chi connectivity index (χ4n) is 3.33. The van der Waals surface area contributed by atoms with E-state index < -0.39 is 11.4 Å². The highest BCUT2D eigenvalue weighted by atomic mass is 35.5. The maximum Gasteiger partial charge on any atom is 0.142 e. The van der Waals surface area contributed by atoms with Crippen molar-refractivity contribution in [1.82, 2.24) is 14.5 Å². The van der Waals surface area contributed by atoms with Gasteiger partial charge in [0.05, 0.1) is 16.3 Å². The normalized spacial score (nSPS) is 11.5. The number of nitriles is 1. The SMILES string of the molecule is CC(C)(c1ccccn1)n1cc(-c2ccc(Cl)c(F)c2)c2ccc(C#N)nc21. The van der Waals surface area contributed by atoms with Crippen LogP contribution in [0, 0.1) is 17.1 Å². The maximum atomic E-state index is 14.1. The summed E-state index contributed by atoms with van der Waals surface area (Å²) in [6.45, 7) is 4.06. The molecule has 28 heavy (non-hydrogen) atoms. The predicted molar refractivity (Wildman–Crippen MR) is 108 cm³/mol. The van der Waals surface area contributed by atoms with Crippen LogP contribution in [0.15, 0.2) is 60.9 Å². The van der Waals surface area contributed by atoms with Crippen LogP contribution in [-0.4, -0.2) is 14.5 Å². The lowest BCUT2D eigenvalue weighted by molar-refractivity contribution is 0.435. The number of rotatable bonds is 3. The van der Waals surface area contributed by atoms with E-state index in [1.807, 2.05) is 48.9 Å². The fraction of sp³-hybridized carbons (Fsp3) is 0.136. The number of fused-ring (bicyclic) bond motifs is 1. The van der Waals surface area contributed by atoms with Crippen molar-refractivity contribution in [3.05, 3.63) is 83.2 Å². The van der Waals surface area contributed by atoms with Gasteiger partial charge < -0.3 is 4.57 Å². The summed E-state index contributed by atoms with van der Waals surface area (Å²) in [5.41, 5.74) is 2.77. The third-order valence-corrected chi connectivity index (χ3v) is 5.20. The van der Waals surface area contributed by atoms with Gasteiger partial charge in [-0.1, -0.05) is 23.7 Å². The summed E-state index contributed by atoms with van der Waals surface area (Å²) in [4.78, 5) is 9.02. The molecule has 0 amide bonds. The molecule has 0 saturated heterocycles. The molecule has 0 spiro atoms. The minimum atomic E-state index is -0.538. The number of hydrogen-bond acceptors (Lipinski definition) is 3. The average Bonchev–Trinajstić information content (AvgIpc) is 3.10. The summed E-state index contributed by atoms with van der Waals surface area (Å²) in [5, 5.41) is 10.2. The number of nitrogens with zero attached hydrogens (tertiary/aromatic N) is 4. The molecule has 0 aliphatic heterocycles. The van der Waals surface area contributed by atoms with Crippen LogP contribution in [-0.2, 0) is 5.54 Å². The Kier molecular flexibility index (Phi) is 4.37. The van der Waals surface area contributed by atoms with Crippen molar-refractivity contribution in [2.75, 3.05) is 0 Å². The molecule has 4 rings (SSSR count). The standard InChI is InChI=1S/C22H16ClFN4/c1-22(2,20-5-3-4-10-26-20)28-13-17(14-6-9-18(23)19(24)11-14)16-8-7-15(12-25)27-21(16)28/h3-11,13H,1-2H3. The van der Waals surface area contributed by atoms with Crippen molar-refractivity contribution in [3.63, 3.8) is 0 Å². The maximum absolute atomic E-state index is 14.1. The van der Waals surface area contributed by atoms with Crippen LogP contribution in [0.1, 0.15) is 25.2 Å². The van der Waals surface area contributed by atoms with Crippen LogP contribution in [0.4, 0.5) is 4.39 Å². The van der Waals surface area contributed by atoms with Crippen molar-refractivity contribution in [2.24, 2.45) is 0 Å². The molecule has 0 radical (unpaired) electrons. The van der Waals surface area contributed by atoms with E-state index >= 15 is 0 Å². The molecule has 138 valence electrons. The molecule has 0 aliphatic rings. The van der Waals surface area contributed by atoms with Gasteiger partial charge in [-0.25, -0.2) is 9.37 Å². The van der Waals surface area contributed by atoms with Crippen molar-refractivity contribution < 1.29 is 4.39 Å². The van der Waals surface area contributed by atoms with E-state index in [-0.39, 0.29) is 5.02 Å². The summed E-state index contributed by atoms with van der Waals surface area (Å²) < 4.78 is 16.1. The molecule has 3 heterocycles. The quantitative estimate of drug-likeness (QED) is 0.461. The Morgan fingerprint density at radius 3 is 2.64 bits per heavy atom. The summed E-state index contributed by atoms with van der Waals surface area (Å²) in [7, 11) is 0. The van der Waals surface area contributed by atoms with Crippen LogP contribution in [0.5, 0.6) is 0 Å². The van der Waals surface area contributed by atoms with Gasteiger partial charge in [0.25, 0.3) is 0 Å². The number of benzene rings is 1. The van der Waals surface area contributed by atoms with E-state index in [0.717, 1.165) is 16.6 Å². The monoisotopic (exact) mass is 390 g/mol. The Morgan fingerprint density at radius 2 is 1.96 bits per heavy atom. The zero-order valence-electron chi connectivity index (χ0n) is 15.3. The largest absolute Gasteiger partial charge is 0.321 e. The zero-order valence-corrected chi connectivity index (χ0v) is 16.1. The average molecular weight is 391 g/mol. The molecule has 3 aromatic heterocycles. The molecule has 6 heteroatoms. The van der Waals surface area contributed by atoms with E-state index in [1.165, 1.54) is 12.1 Å². The van der Waals surface area contributed by atoms with Gasteiger partial charge in [0.15, 0.2) is 0 Å². The lowest BCUT2D eigenvalue weighted by Gasteiger charge is -2.27. The molecule has 0 unspecified atom stereocenters. The molecule has 1 aromatic carbocycles. The zero-order chi connectivity index (χ0) is 19.9. The van der Waals surface area contributed by atoms with Gasteiger partial charge in [-0.2, -0.15) is 5.26 Å². The van der Waals surface area contributed by atoms with Gasteiger partial charge in [0, 0.05) is 23.3 Å². The Labute approximate surface area is 166 Å². The molecule has 0 aliphatic carbocycles. The highest BCUT2D eigenvalue weighted by Crippen LogP contribution is 2.36. The lowest BCUT2D eigenvalue weighted by Crippen LogP contribution is -2.28. The Balaban J connectivity index is 2.01. The van der Waals surface area contributed by atoms with Gasteiger partial charge in [0.1, 0.15) is 23.2 Å². The first-order valence-electron chi connectivity index (χ1n) is 8.71. The highest BCUT2D eigenvalue weighted by molar-refractivity contribution is 6.30. The minimum Gasteiger partial charge on any atom is -0.321 e. The molecule has 0 bridgehead atoms.